The van der Waals surface area contributed by atoms with Crippen LogP contribution in [0.3, 0.4) is 0 Å². The Morgan fingerprint density at radius 3 is 1.34 bits per heavy atom. The molecule has 0 saturated carbocycles. The van der Waals surface area contributed by atoms with Crippen molar-refractivity contribution in [3.63, 3.8) is 0 Å². The molecule has 1 heterocycles. The molecule has 12 rings (SSSR count). The van der Waals surface area contributed by atoms with Gasteiger partial charge in [0, 0.05) is 34.1 Å². The van der Waals surface area contributed by atoms with Crippen molar-refractivity contribution in [2.75, 3.05) is 9.80 Å². The van der Waals surface area contributed by atoms with Crippen LogP contribution in [0.4, 0.5) is 34.1 Å². The van der Waals surface area contributed by atoms with Crippen molar-refractivity contribution in [2.24, 2.45) is 0 Å². The molecule has 12 aromatic rings. The minimum absolute atomic E-state index is 0.797. The van der Waals surface area contributed by atoms with Crippen LogP contribution >= 0.6 is 0 Å². The molecule has 0 aliphatic carbocycles. The van der Waals surface area contributed by atoms with E-state index in [2.05, 4.69) is 277 Å². The summed E-state index contributed by atoms with van der Waals surface area (Å²) in [6.07, 6.45) is 0. The van der Waals surface area contributed by atoms with Crippen molar-refractivity contribution in [1.29, 1.82) is 0 Å². The van der Waals surface area contributed by atoms with Crippen LogP contribution in [-0.2, 0) is 0 Å². The number of nitrogens with zero attached hydrogens (tertiary/aromatic N) is 2. The quantitative estimate of drug-likeness (QED) is 0.137. The lowest BCUT2D eigenvalue weighted by molar-refractivity contribution is 0.669. The standard InChI is InChI=1S/C64H44N2O/c1-5-18-45(19-6-1)48-32-36-54(37-33-48)65(56-29-17-28-51(40-56)47-22-9-3-10-23-47)57-43-61(64-59-41-52-26-13-14-27-53(52)42-62(59)67-63(64)44-57)66(55-38-34-49(35-39-55)46-20-7-2-8-21-46)60-31-16-15-30-58(60)50-24-11-4-12-25-50/h1-44H. The number of anilines is 6. The molecule has 67 heavy (non-hydrogen) atoms. The summed E-state index contributed by atoms with van der Waals surface area (Å²) in [5.74, 6) is 0. The summed E-state index contributed by atoms with van der Waals surface area (Å²) >= 11 is 0. The zero-order chi connectivity index (χ0) is 44.5. The van der Waals surface area contributed by atoms with E-state index < -0.39 is 0 Å². The first-order valence-corrected chi connectivity index (χ1v) is 22.8. The van der Waals surface area contributed by atoms with Crippen LogP contribution in [0.15, 0.2) is 271 Å². The maximum atomic E-state index is 7.09. The van der Waals surface area contributed by atoms with Gasteiger partial charge in [-0.3, -0.25) is 0 Å². The molecule has 0 atom stereocenters. The third-order valence-corrected chi connectivity index (χ3v) is 12.8. The number of furan rings is 1. The maximum Gasteiger partial charge on any atom is 0.139 e. The molecule has 0 N–H and O–H groups in total. The van der Waals surface area contributed by atoms with Gasteiger partial charge in [-0.2, -0.15) is 0 Å². The first-order chi connectivity index (χ1) is 33.2. The Balaban J connectivity index is 1.15. The number of fused-ring (bicyclic) bond motifs is 4. The van der Waals surface area contributed by atoms with E-state index in [1.54, 1.807) is 0 Å². The van der Waals surface area contributed by atoms with Crippen LogP contribution in [-0.4, -0.2) is 0 Å². The molecule has 0 radical (unpaired) electrons. The zero-order valence-electron chi connectivity index (χ0n) is 36.7. The third kappa shape index (κ3) is 7.59. The van der Waals surface area contributed by atoms with Gasteiger partial charge in [0.1, 0.15) is 11.2 Å². The summed E-state index contributed by atoms with van der Waals surface area (Å²) < 4.78 is 7.09. The third-order valence-electron chi connectivity index (χ3n) is 12.8. The summed E-state index contributed by atoms with van der Waals surface area (Å²) in [5, 5.41) is 4.39. The van der Waals surface area contributed by atoms with E-state index in [0.717, 1.165) is 100 Å². The lowest BCUT2D eigenvalue weighted by Gasteiger charge is -2.31. The molecule has 0 fully saturated rings. The van der Waals surface area contributed by atoms with E-state index in [4.69, 9.17) is 4.42 Å². The van der Waals surface area contributed by atoms with Crippen molar-refractivity contribution >= 4 is 66.8 Å². The molecular weight excluding hydrogens is 813 g/mol. The number of para-hydroxylation sites is 1. The highest BCUT2D eigenvalue weighted by Gasteiger charge is 2.26. The number of hydrogen-bond acceptors (Lipinski definition) is 3. The van der Waals surface area contributed by atoms with Crippen molar-refractivity contribution in [1.82, 2.24) is 0 Å². The molecule has 0 aliphatic heterocycles. The number of rotatable bonds is 10. The lowest BCUT2D eigenvalue weighted by Crippen LogP contribution is -2.14. The summed E-state index contributed by atoms with van der Waals surface area (Å²) in [6, 6.07) is 95.6. The van der Waals surface area contributed by atoms with Crippen molar-refractivity contribution in [2.45, 2.75) is 0 Å². The van der Waals surface area contributed by atoms with Gasteiger partial charge in [-0.1, -0.05) is 200 Å². The first-order valence-electron chi connectivity index (χ1n) is 22.8. The highest BCUT2D eigenvalue weighted by molar-refractivity contribution is 6.18. The van der Waals surface area contributed by atoms with E-state index in [9.17, 15) is 0 Å². The van der Waals surface area contributed by atoms with Crippen LogP contribution in [0.1, 0.15) is 0 Å². The highest BCUT2D eigenvalue weighted by Crippen LogP contribution is 2.50. The minimum Gasteiger partial charge on any atom is -0.456 e. The Labute approximate surface area is 390 Å². The van der Waals surface area contributed by atoms with Crippen LogP contribution < -0.4 is 9.80 Å². The predicted molar refractivity (Wildman–Crippen MR) is 282 cm³/mol. The van der Waals surface area contributed by atoms with E-state index in [1.165, 1.54) is 11.1 Å². The average Bonchev–Trinajstić information content (AvgIpc) is 3.77. The molecule has 3 nitrogen and oxygen atoms in total. The lowest BCUT2D eigenvalue weighted by atomic mass is 9.99. The van der Waals surface area contributed by atoms with E-state index in [-0.39, 0.29) is 0 Å². The predicted octanol–water partition coefficient (Wildman–Crippen LogP) is 18.3. The van der Waals surface area contributed by atoms with Gasteiger partial charge in [-0.15, -0.1) is 0 Å². The Bertz CT molecular complexity index is 3660. The maximum absolute atomic E-state index is 7.09. The fourth-order valence-corrected chi connectivity index (χ4v) is 9.57. The minimum atomic E-state index is 0.797. The molecular formula is C64H44N2O. The van der Waals surface area contributed by atoms with Gasteiger partial charge in [-0.25, -0.2) is 0 Å². The monoisotopic (exact) mass is 856 g/mol. The van der Waals surface area contributed by atoms with Crippen LogP contribution in [0.2, 0.25) is 0 Å². The van der Waals surface area contributed by atoms with Crippen molar-refractivity contribution in [3.05, 3.63) is 267 Å². The molecule has 3 heteroatoms. The molecule has 0 aliphatic rings. The SMILES string of the molecule is c1ccc(-c2ccc(N(c3cccc(-c4ccccc4)c3)c3cc(N(c4ccc(-c5ccccc5)cc4)c4ccccc4-c4ccccc4)c4c(c3)oc3cc5ccccc5cc34)cc2)cc1. The largest absolute Gasteiger partial charge is 0.456 e. The highest BCUT2D eigenvalue weighted by atomic mass is 16.3. The summed E-state index contributed by atoms with van der Waals surface area (Å²) in [5.41, 5.74) is 17.0. The van der Waals surface area contributed by atoms with Gasteiger partial charge >= 0.3 is 0 Å². The van der Waals surface area contributed by atoms with Gasteiger partial charge in [0.25, 0.3) is 0 Å². The second-order valence-corrected chi connectivity index (χ2v) is 16.9. The summed E-state index contributed by atoms with van der Waals surface area (Å²) in [6.45, 7) is 0. The smallest absolute Gasteiger partial charge is 0.139 e. The normalized spacial score (nSPS) is 11.3. The zero-order valence-corrected chi connectivity index (χ0v) is 36.7. The summed E-state index contributed by atoms with van der Waals surface area (Å²) in [4.78, 5) is 4.80. The van der Waals surface area contributed by atoms with E-state index in [0.29, 0.717) is 0 Å². The Morgan fingerprint density at radius 1 is 0.254 bits per heavy atom. The second kappa shape index (κ2) is 17.2. The molecule has 0 spiro atoms. The Kier molecular flexibility index (Phi) is 10.2. The molecule has 0 unspecified atom stereocenters. The van der Waals surface area contributed by atoms with Gasteiger partial charge in [0.15, 0.2) is 0 Å². The van der Waals surface area contributed by atoms with Gasteiger partial charge in [0.2, 0.25) is 0 Å². The topological polar surface area (TPSA) is 19.6 Å². The molecule has 0 saturated heterocycles. The fourth-order valence-electron chi connectivity index (χ4n) is 9.57. The van der Waals surface area contributed by atoms with Crippen molar-refractivity contribution in [3.8, 4) is 44.5 Å². The Morgan fingerprint density at radius 2 is 0.731 bits per heavy atom. The summed E-state index contributed by atoms with van der Waals surface area (Å²) in [7, 11) is 0. The van der Waals surface area contributed by atoms with Crippen molar-refractivity contribution < 1.29 is 4.42 Å². The first kappa shape index (κ1) is 39.7. The molecule has 316 valence electrons. The molecule has 1 aromatic heterocycles. The van der Waals surface area contributed by atoms with Gasteiger partial charge < -0.3 is 14.2 Å². The van der Waals surface area contributed by atoms with Crippen LogP contribution in [0.25, 0.3) is 77.2 Å². The molecule has 0 bridgehead atoms. The Hall–Kier alpha value is -8.92. The van der Waals surface area contributed by atoms with Gasteiger partial charge in [0.05, 0.1) is 22.4 Å². The van der Waals surface area contributed by atoms with E-state index in [1.807, 2.05) is 0 Å². The number of hydrogen-bond donors (Lipinski definition) is 0. The van der Waals surface area contributed by atoms with Crippen LogP contribution in [0, 0.1) is 0 Å². The van der Waals surface area contributed by atoms with Crippen LogP contribution in [0.5, 0.6) is 0 Å². The average molecular weight is 857 g/mol. The van der Waals surface area contributed by atoms with E-state index >= 15 is 0 Å². The second-order valence-electron chi connectivity index (χ2n) is 16.9. The number of benzene rings is 11. The molecule has 0 amide bonds. The fraction of sp³-hybridized carbons (Fsp3) is 0. The van der Waals surface area contributed by atoms with Gasteiger partial charge in [-0.05, 0) is 110 Å². The molecule has 11 aromatic carbocycles.